The molecule has 9 heteroatoms. The van der Waals surface area contributed by atoms with Crippen LogP contribution in [0.1, 0.15) is 35.6 Å². The van der Waals surface area contributed by atoms with Crippen molar-refractivity contribution in [3.8, 4) is 0 Å². The SMILES string of the molecule is CCCNC(=O)[C@@H](Cc1ccccc1)N(Cc1ccccc1F)C(=O)CN(c1ccc(C)cc1C)S(C)(=O)=O. The predicted octanol–water partition coefficient (Wildman–Crippen LogP) is 4.37. The lowest BCUT2D eigenvalue weighted by Crippen LogP contribution is -2.53. The summed E-state index contributed by atoms with van der Waals surface area (Å²) in [6.07, 6.45) is 1.91. The number of amides is 2. The van der Waals surface area contributed by atoms with Gasteiger partial charge in [0.05, 0.1) is 11.9 Å². The highest BCUT2D eigenvalue weighted by Gasteiger charge is 2.33. The molecule has 3 aromatic rings. The molecule has 0 radical (unpaired) electrons. The van der Waals surface area contributed by atoms with E-state index in [2.05, 4.69) is 5.32 Å². The van der Waals surface area contributed by atoms with Gasteiger partial charge in [0, 0.05) is 25.1 Å². The maximum absolute atomic E-state index is 14.8. The molecule has 0 unspecified atom stereocenters. The summed E-state index contributed by atoms with van der Waals surface area (Å²) in [7, 11) is -3.87. The lowest BCUT2D eigenvalue weighted by Gasteiger charge is -2.34. The quantitative estimate of drug-likeness (QED) is 0.361. The molecule has 0 saturated heterocycles. The van der Waals surface area contributed by atoms with Gasteiger partial charge in [0.2, 0.25) is 21.8 Å². The van der Waals surface area contributed by atoms with Crippen LogP contribution in [-0.4, -0.2) is 50.5 Å². The van der Waals surface area contributed by atoms with E-state index < -0.39 is 34.3 Å². The number of sulfonamides is 1. The number of nitrogens with zero attached hydrogens (tertiary/aromatic N) is 2. The van der Waals surface area contributed by atoms with E-state index >= 15 is 0 Å². The second kappa shape index (κ2) is 13.4. The Kier molecular flexibility index (Phi) is 10.2. The third-order valence-electron chi connectivity index (χ3n) is 6.42. The molecule has 208 valence electrons. The Hall–Kier alpha value is -3.72. The monoisotopic (exact) mass is 553 g/mol. The second-order valence-electron chi connectivity index (χ2n) is 9.67. The molecule has 0 aliphatic heterocycles. The molecule has 3 rings (SSSR count). The van der Waals surface area contributed by atoms with Crippen molar-refractivity contribution in [3.63, 3.8) is 0 Å². The van der Waals surface area contributed by atoms with Crippen LogP contribution in [0.25, 0.3) is 0 Å². The number of hydrogen-bond donors (Lipinski definition) is 1. The number of carbonyl (C=O) groups excluding carboxylic acids is 2. The average Bonchev–Trinajstić information content (AvgIpc) is 2.89. The van der Waals surface area contributed by atoms with E-state index in [0.29, 0.717) is 24.2 Å². The van der Waals surface area contributed by atoms with Crippen LogP contribution in [0.3, 0.4) is 0 Å². The van der Waals surface area contributed by atoms with Crippen LogP contribution in [0.15, 0.2) is 72.8 Å². The first kappa shape index (κ1) is 29.8. The fraction of sp³-hybridized carbons (Fsp3) is 0.333. The molecule has 2 amide bonds. The van der Waals surface area contributed by atoms with Crippen molar-refractivity contribution < 1.29 is 22.4 Å². The number of halogens is 1. The second-order valence-corrected chi connectivity index (χ2v) is 11.6. The fourth-order valence-electron chi connectivity index (χ4n) is 4.41. The summed E-state index contributed by atoms with van der Waals surface area (Å²) in [5, 5.41) is 2.86. The van der Waals surface area contributed by atoms with Crippen LogP contribution in [-0.2, 0) is 32.6 Å². The highest BCUT2D eigenvalue weighted by Crippen LogP contribution is 2.25. The molecule has 0 aromatic heterocycles. The lowest BCUT2D eigenvalue weighted by molar-refractivity contribution is -0.140. The van der Waals surface area contributed by atoms with Gasteiger partial charge in [0.25, 0.3) is 0 Å². The number of benzene rings is 3. The maximum Gasteiger partial charge on any atom is 0.244 e. The van der Waals surface area contributed by atoms with Gasteiger partial charge in [-0.15, -0.1) is 0 Å². The average molecular weight is 554 g/mol. The molecule has 0 spiro atoms. The number of anilines is 1. The van der Waals surface area contributed by atoms with E-state index in [4.69, 9.17) is 0 Å². The van der Waals surface area contributed by atoms with Gasteiger partial charge >= 0.3 is 0 Å². The topological polar surface area (TPSA) is 86.8 Å². The molecule has 0 aliphatic carbocycles. The maximum atomic E-state index is 14.8. The van der Waals surface area contributed by atoms with Crippen LogP contribution in [0, 0.1) is 19.7 Å². The molecule has 0 fully saturated rings. The molecule has 0 heterocycles. The molecule has 0 bridgehead atoms. The van der Waals surface area contributed by atoms with E-state index in [1.807, 2.05) is 50.2 Å². The van der Waals surface area contributed by atoms with Gasteiger partial charge in [-0.3, -0.25) is 13.9 Å². The summed E-state index contributed by atoms with van der Waals surface area (Å²) in [6, 6.07) is 19.6. The lowest BCUT2D eigenvalue weighted by atomic mass is 10.0. The van der Waals surface area contributed by atoms with Gasteiger partial charge in [-0.2, -0.15) is 0 Å². The van der Waals surface area contributed by atoms with Crippen molar-refractivity contribution in [3.05, 3.63) is 101 Å². The normalized spacial score (nSPS) is 12.0. The summed E-state index contributed by atoms with van der Waals surface area (Å²) >= 11 is 0. The predicted molar refractivity (Wildman–Crippen MR) is 152 cm³/mol. The largest absolute Gasteiger partial charge is 0.354 e. The van der Waals surface area contributed by atoms with Gasteiger partial charge in [0.15, 0.2) is 0 Å². The van der Waals surface area contributed by atoms with Crippen LogP contribution in [0.5, 0.6) is 0 Å². The Labute approximate surface area is 230 Å². The van der Waals surface area contributed by atoms with Crippen LogP contribution < -0.4 is 9.62 Å². The Bertz CT molecular complexity index is 1400. The molecule has 0 saturated carbocycles. The number of hydrogen-bond acceptors (Lipinski definition) is 4. The zero-order valence-corrected chi connectivity index (χ0v) is 23.7. The van der Waals surface area contributed by atoms with Crippen molar-refractivity contribution in [2.24, 2.45) is 0 Å². The van der Waals surface area contributed by atoms with Crippen LogP contribution in [0.4, 0.5) is 10.1 Å². The van der Waals surface area contributed by atoms with Crippen molar-refractivity contribution in [1.82, 2.24) is 10.2 Å². The summed E-state index contributed by atoms with van der Waals surface area (Å²) in [5.41, 5.74) is 3.06. The van der Waals surface area contributed by atoms with E-state index in [-0.39, 0.29) is 24.4 Å². The zero-order valence-electron chi connectivity index (χ0n) is 22.9. The Morgan fingerprint density at radius 1 is 0.974 bits per heavy atom. The van der Waals surface area contributed by atoms with Crippen molar-refractivity contribution in [2.45, 2.75) is 46.2 Å². The van der Waals surface area contributed by atoms with Gasteiger partial charge in [-0.05, 0) is 43.5 Å². The number of aryl methyl sites for hydroxylation is 2. The molecule has 39 heavy (non-hydrogen) atoms. The molecule has 3 aromatic carbocycles. The highest BCUT2D eigenvalue weighted by molar-refractivity contribution is 7.92. The summed E-state index contributed by atoms with van der Waals surface area (Å²) in [6.45, 7) is 5.26. The number of rotatable bonds is 12. The Morgan fingerprint density at radius 2 is 1.64 bits per heavy atom. The first-order chi connectivity index (χ1) is 18.5. The van der Waals surface area contributed by atoms with E-state index in [9.17, 15) is 22.4 Å². The van der Waals surface area contributed by atoms with Crippen molar-refractivity contribution in [2.75, 3.05) is 23.7 Å². The van der Waals surface area contributed by atoms with Crippen molar-refractivity contribution in [1.29, 1.82) is 0 Å². The standard InChI is InChI=1S/C30H36FN3O4S/c1-5-17-32-30(36)28(19-24-11-7-6-8-12-24)33(20-25-13-9-10-14-26(25)31)29(35)21-34(39(4,37)38)27-16-15-22(2)18-23(27)3/h6-16,18,28H,5,17,19-21H2,1-4H3,(H,32,36)/t28-/m1/s1. The minimum Gasteiger partial charge on any atom is -0.354 e. The molecular formula is C30H36FN3O4S. The van der Waals surface area contributed by atoms with E-state index in [1.165, 1.54) is 11.0 Å². The molecule has 7 nitrogen and oxygen atoms in total. The van der Waals surface area contributed by atoms with Gasteiger partial charge in [-0.1, -0.05) is 73.2 Å². The van der Waals surface area contributed by atoms with E-state index in [0.717, 1.165) is 21.7 Å². The smallest absolute Gasteiger partial charge is 0.244 e. The summed E-state index contributed by atoms with van der Waals surface area (Å²) in [5.74, 6) is -1.52. The molecular weight excluding hydrogens is 517 g/mol. The molecule has 0 aliphatic rings. The Balaban J connectivity index is 2.07. The molecule has 1 N–H and O–H groups in total. The van der Waals surface area contributed by atoms with Gasteiger partial charge < -0.3 is 10.2 Å². The number of nitrogens with one attached hydrogen (secondary N) is 1. The Morgan fingerprint density at radius 3 is 2.26 bits per heavy atom. The first-order valence-electron chi connectivity index (χ1n) is 12.9. The third kappa shape index (κ3) is 8.13. The summed E-state index contributed by atoms with van der Waals surface area (Å²) < 4.78 is 41.6. The van der Waals surface area contributed by atoms with Crippen molar-refractivity contribution >= 4 is 27.5 Å². The minimum absolute atomic E-state index is 0.180. The first-order valence-corrected chi connectivity index (χ1v) is 14.8. The van der Waals surface area contributed by atoms with Crippen LogP contribution in [0.2, 0.25) is 0 Å². The van der Waals surface area contributed by atoms with Gasteiger partial charge in [0.1, 0.15) is 18.4 Å². The minimum atomic E-state index is -3.87. The summed E-state index contributed by atoms with van der Waals surface area (Å²) in [4.78, 5) is 28.7. The number of carbonyl (C=O) groups is 2. The molecule has 1 atom stereocenters. The zero-order chi connectivity index (χ0) is 28.6. The third-order valence-corrected chi connectivity index (χ3v) is 7.55. The fourth-order valence-corrected chi connectivity index (χ4v) is 5.32. The van der Waals surface area contributed by atoms with Gasteiger partial charge in [-0.25, -0.2) is 12.8 Å². The van der Waals surface area contributed by atoms with E-state index in [1.54, 1.807) is 37.3 Å². The highest BCUT2D eigenvalue weighted by atomic mass is 32.2. The van der Waals surface area contributed by atoms with Crippen LogP contribution >= 0.6 is 0 Å².